The Balaban J connectivity index is 2.71. The van der Waals surface area contributed by atoms with Crippen molar-refractivity contribution in [3.63, 3.8) is 0 Å². The van der Waals surface area contributed by atoms with Crippen LogP contribution in [0.3, 0.4) is 0 Å². The molecule has 20 heavy (non-hydrogen) atoms. The number of nitro groups is 1. The van der Waals surface area contributed by atoms with Gasteiger partial charge < -0.3 is 0 Å². The Labute approximate surface area is 115 Å². The molecule has 0 aliphatic rings. The number of benzene rings is 2. The van der Waals surface area contributed by atoms with Gasteiger partial charge in [0.25, 0.3) is 5.69 Å². The van der Waals surface area contributed by atoms with Gasteiger partial charge in [-0.15, -0.1) is 0 Å². The zero-order valence-corrected chi connectivity index (χ0v) is 10.9. The van der Waals surface area contributed by atoms with E-state index < -0.39 is 14.8 Å². The lowest BCUT2D eigenvalue weighted by molar-refractivity contribution is -0.385. The summed E-state index contributed by atoms with van der Waals surface area (Å²) in [7, 11) is -3.96. The van der Waals surface area contributed by atoms with E-state index in [9.17, 15) is 18.5 Å². The summed E-state index contributed by atoms with van der Waals surface area (Å²) in [5.74, 6) is 0. The molecule has 6 nitrogen and oxygen atoms in total. The minimum atomic E-state index is -3.96. The smallest absolute Gasteiger partial charge is 0.258 e. The molecule has 0 unspecified atom stereocenters. The highest BCUT2D eigenvalue weighted by atomic mass is 32.2. The number of non-ortho nitro benzene ring substituents is 1. The SMILES string of the molecule is N#Cc1ccc([N+](=O)[O-])cc1S(=O)(=O)c1ccccc1. The van der Waals surface area contributed by atoms with Gasteiger partial charge in [-0.3, -0.25) is 10.1 Å². The molecule has 0 aliphatic heterocycles. The molecule has 0 aliphatic carbocycles. The Kier molecular flexibility index (Phi) is 3.50. The molecule has 100 valence electrons. The predicted molar refractivity (Wildman–Crippen MR) is 69.7 cm³/mol. The fraction of sp³-hybridized carbons (Fsp3) is 0. The normalized spacial score (nSPS) is 10.8. The van der Waals surface area contributed by atoms with Crippen LogP contribution in [-0.4, -0.2) is 13.3 Å². The van der Waals surface area contributed by atoms with Crippen molar-refractivity contribution in [1.82, 2.24) is 0 Å². The van der Waals surface area contributed by atoms with Gasteiger partial charge in [0.1, 0.15) is 6.07 Å². The standard InChI is InChI=1S/C13H8N2O4S/c14-9-10-6-7-11(15(16)17)8-13(10)20(18,19)12-4-2-1-3-5-12/h1-8H. The molecule has 2 aromatic carbocycles. The first-order valence-corrected chi connectivity index (χ1v) is 6.94. The average Bonchev–Trinajstić information content (AvgIpc) is 2.47. The largest absolute Gasteiger partial charge is 0.270 e. The summed E-state index contributed by atoms with van der Waals surface area (Å²) in [4.78, 5) is 9.66. The van der Waals surface area contributed by atoms with Gasteiger partial charge in [-0.1, -0.05) is 18.2 Å². The molecule has 0 spiro atoms. The molecule has 0 amide bonds. The number of nitro benzene ring substituents is 1. The van der Waals surface area contributed by atoms with Crippen molar-refractivity contribution >= 4 is 15.5 Å². The van der Waals surface area contributed by atoms with E-state index in [0.29, 0.717) is 0 Å². The summed E-state index contributed by atoms with van der Waals surface area (Å²) in [5, 5.41) is 19.7. The van der Waals surface area contributed by atoms with Crippen LogP contribution in [-0.2, 0) is 9.84 Å². The Morgan fingerprint density at radius 2 is 1.75 bits per heavy atom. The number of hydrogen-bond donors (Lipinski definition) is 0. The van der Waals surface area contributed by atoms with E-state index in [4.69, 9.17) is 5.26 Å². The molecule has 7 heteroatoms. The van der Waals surface area contributed by atoms with Gasteiger partial charge in [-0.25, -0.2) is 8.42 Å². The van der Waals surface area contributed by atoms with Crippen molar-refractivity contribution in [2.45, 2.75) is 9.79 Å². The molecular weight excluding hydrogens is 280 g/mol. The lowest BCUT2D eigenvalue weighted by Gasteiger charge is -2.06. The number of hydrogen-bond acceptors (Lipinski definition) is 5. The summed E-state index contributed by atoms with van der Waals surface area (Å²) in [6.07, 6.45) is 0. The van der Waals surface area contributed by atoms with Crippen LogP contribution >= 0.6 is 0 Å². The third-order valence-corrected chi connectivity index (χ3v) is 4.45. The lowest BCUT2D eigenvalue weighted by Crippen LogP contribution is -2.05. The molecule has 2 rings (SSSR count). The maximum atomic E-state index is 12.4. The Hall–Kier alpha value is -2.72. The van der Waals surface area contributed by atoms with Crippen LogP contribution in [0.1, 0.15) is 5.56 Å². The van der Waals surface area contributed by atoms with Gasteiger partial charge >= 0.3 is 0 Å². The monoisotopic (exact) mass is 288 g/mol. The summed E-state index contributed by atoms with van der Waals surface area (Å²) in [6.45, 7) is 0. The summed E-state index contributed by atoms with van der Waals surface area (Å²) in [6, 6.07) is 12.3. The zero-order valence-electron chi connectivity index (χ0n) is 10.1. The number of nitriles is 1. The van der Waals surface area contributed by atoms with E-state index in [2.05, 4.69) is 0 Å². The fourth-order valence-electron chi connectivity index (χ4n) is 1.67. The van der Waals surface area contributed by atoms with Crippen molar-refractivity contribution in [3.05, 3.63) is 64.2 Å². The zero-order chi connectivity index (χ0) is 14.8. The van der Waals surface area contributed by atoms with Crippen molar-refractivity contribution < 1.29 is 13.3 Å². The number of nitrogens with zero attached hydrogens (tertiary/aromatic N) is 2. The predicted octanol–water partition coefficient (Wildman–Crippen LogP) is 2.30. The topological polar surface area (TPSA) is 101 Å². The van der Waals surface area contributed by atoms with E-state index in [0.717, 1.165) is 18.2 Å². The van der Waals surface area contributed by atoms with Crippen LogP contribution in [0.4, 0.5) is 5.69 Å². The highest BCUT2D eigenvalue weighted by Gasteiger charge is 2.24. The van der Waals surface area contributed by atoms with Crippen LogP contribution in [0.2, 0.25) is 0 Å². The summed E-state index contributed by atoms with van der Waals surface area (Å²) < 4.78 is 24.8. The van der Waals surface area contributed by atoms with E-state index >= 15 is 0 Å². The Bertz CT molecular complexity index is 808. The van der Waals surface area contributed by atoms with Gasteiger partial charge in [0.15, 0.2) is 0 Å². The molecular formula is C13H8N2O4S. The lowest BCUT2D eigenvalue weighted by atomic mass is 10.2. The van der Waals surface area contributed by atoms with Crippen LogP contribution < -0.4 is 0 Å². The summed E-state index contributed by atoms with van der Waals surface area (Å²) >= 11 is 0. The van der Waals surface area contributed by atoms with E-state index in [-0.39, 0.29) is 21.0 Å². The molecule has 0 saturated heterocycles. The van der Waals surface area contributed by atoms with E-state index in [1.165, 1.54) is 24.3 Å². The summed E-state index contributed by atoms with van der Waals surface area (Å²) in [5.41, 5.74) is -0.502. The van der Waals surface area contributed by atoms with Crippen LogP contribution in [0.5, 0.6) is 0 Å². The van der Waals surface area contributed by atoms with Crippen molar-refractivity contribution in [2.75, 3.05) is 0 Å². The van der Waals surface area contributed by atoms with Crippen molar-refractivity contribution in [3.8, 4) is 6.07 Å². The molecule has 0 heterocycles. The minimum Gasteiger partial charge on any atom is -0.258 e. The average molecular weight is 288 g/mol. The quantitative estimate of drug-likeness (QED) is 0.637. The van der Waals surface area contributed by atoms with Gasteiger partial charge in [0.2, 0.25) is 9.84 Å². The van der Waals surface area contributed by atoms with Gasteiger partial charge in [-0.05, 0) is 18.2 Å². The maximum Gasteiger partial charge on any atom is 0.270 e. The first-order chi connectivity index (χ1) is 9.46. The molecule has 0 bridgehead atoms. The fourth-order valence-corrected chi connectivity index (χ4v) is 3.11. The molecule has 0 radical (unpaired) electrons. The van der Waals surface area contributed by atoms with Gasteiger partial charge in [-0.2, -0.15) is 5.26 Å². The van der Waals surface area contributed by atoms with E-state index in [1.54, 1.807) is 12.1 Å². The van der Waals surface area contributed by atoms with Crippen LogP contribution in [0.25, 0.3) is 0 Å². The highest BCUT2D eigenvalue weighted by Crippen LogP contribution is 2.27. The second kappa shape index (κ2) is 5.11. The maximum absolute atomic E-state index is 12.4. The molecule has 0 atom stereocenters. The molecule has 0 saturated carbocycles. The van der Waals surface area contributed by atoms with Gasteiger partial charge in [0, 0.05) is 12.1 Å². The van der Waals surface area contributed by atoms with Crippen LogP contribution in [0.15, 0.2) is 58.3 Å². The first-order valence-electron chi connectivity index (χ1n) is 5.45. The molecule has 0 fully saturated rings. The Morgan fingerprint density at radius 3 is 2.30 bits per heavy atom. The second-order valence-corrected chi connectivity index (χ2v) is 5.78. The van der Waals surface area contributed by atoms with Crippen molar-refractivity contribution in [1.29, 1.82) is 5.26 Å². The molecule has 0 aromatic heterocycles. The second-order valence-electron chi connectivity index (χ2n) is 3.87. The Morgan fingerprint density at radius 1 is 1.10 bits per heavy atom. The third-order valence-electron chi connectivity index (χ3n) is 2.64. The number of sulfone groups is 1. The first kappa shape index (κ1) is 13.7. The van der Waals surface area contributed by atoms with Crippen LogP contribution in [0, 0.1) is 21.4 Å². The third kappa shape index (κ3) is 2.37. The molecule has 2 aromatic rings. The van der Waals surface area contributed by atoms with Gasteiger partial charge in [0.05, 0.1) is 20.3 Å². The number of rotatable bonds is 3. The van der Waals surface area contributed by atoms with E-state index in [1.807, 2.05) is 0 Å². The van der Waals surface area contributed by atoms with Crippen molar-refractivity contribution in [2.24, 2.45) is 0 Å². The molecule has 0 N–H and O–H groups in total. The highest BCUT2D eigenvalue weighted by molar-refractivity contribution is 7.91. The minimum absolute atomic E-state index is 0.0167.